The zero-order valence-electron chi connectivity index (χ0n) is 9.42. The number of hydrogen-bond donors (Lipinski definition) is 4. The topological polar surface area (TPSA) is 149 Å². The molecule has 0 amide bonds. The van der Waals surface area contributed by atoms with Crippen LogP contribution in [0, 0.1) is 0 Å². The van der Waals surface area contributed by atoms with E-state index < -0.39 is 23.9 Å². The second-order valence-electron chi connectivity index (χ2n) is 2.08. The summed E-state index contributed by atoms with van der Waals surface area (Å²) >= 11 is 0. The minimum absolute atomic E-state index is 0. The molecule has 0 saturated heterocycles. The molecule has 0 aliphatic carbocycles. The average Bonchev–Trinajstić information content (AvgIpc) is 1.76. The fourth-order valence-electron chi connectivity index (χ4n) is 0. The van der Waals surface area contributed by atoms with E-state index in [1.54, 1.807) is 0 Å². The van der Waals surface area contributed by atoms with Crippen molar-refractivity contribution in [3.63, 3.8) is 0 Å². The van der Waals surface area contributed by atoms with Gasteiger partial charge in [-0.05, 0) is 0 Å². The molecule has 0 aromatic carbocycles. The van der Waals surface area contributed by atoms with Gasteiger partial charge >= 0.3 is 67.3 Å². The summed E-state index contributed by atoms with van der Waals surface area (Å²) < 4.78 is 0. The molecule has 0 spiro atoms. The molecule has 0 bridgehead atoms. The number of hydrogen-bond acceptors (Lipinski definition) is 4. The van der Waals surface area contributed by atoms with Crippen molar-refractivity contribution in [3.8, 4) is 0 Å². The summed E-state index contributed by atoms with van der Waals surface area (Å²) in [5.41, 5.74) is 0. The first kappa shape index (κ1) is 36.2. The third kappa shape index (κ3) is 189000. The van der Waals surface area contributed by atoms with Crippen molar-refractivity contribution < 1.29 is 39.6 Å². The SMILES string of the molecule is CC(=O)O.CC(=O)O.CC(=O)O.CC(=O)O.[CaH2].[NaH]. The van der Waals surface area contributed by atoms with E-state index in [-0.39, 0.29) is 67.3 Å². The molecule has 0 aromatic rings. The maximum absolute atomic E-state index is 9.00. The average molecular weight is 306 g/mol. The van der Waals surface area contributed by atoms with E-state index in [9.17, 15) is 0 Å². The van der Waals surface area contributed by atoms with Gasteiger partial charge in [-0.25, -0.2) is 0 Å². The third-order valence-corrected chi connectivity index (χ3v) is 0. The summed E-state index contributed by atoms with van der Waals surface area (Å²) in [4.78, 5) is 36.0. The third-order valence-electron chi connectivity index (χ3n) is 0. The van der Waals surface area contributed by atoms with Crippen molar-refractivity contribution in [3.05, 3.63) is 0 Å². The van der Waals surface area contributed by atoms with Crippen molar-refractivity contribution in [1.82, 2.24) is 0 Å². The Labute approximate surface area is 157 Å². The number of carboxylic acids is 4. The Morgan fingerprint density at radius 2 is 0.556 bits per heavy atom. The molecule has 102 valence electrons. The Balaban J connectivity index is -0.0000000257. The van der Waals surface area contributed by atoms with Gasteiger partial charge in [-0.15, -0.1) is 0 Å². The summed E-state index contributed by atoms with van der Waals surface area (Å²) in [6.07, 6.45) is 0. The van der Waals surface area contributed by atoms with E-state index in [2.05, 4.69) is 0 Å². The Kier molecular flexibility index (Phi) is 60.9. The van der Waals surface area contributed by atoms with E-state index in [0.29, 0.717) is 0 Å². The van der Waals surface area contributed by atoms with E-state index in [1.807, 2.05) is 0 Å². The molecule has 4 N–H and O–H groups in total. The maximum atomic E-state index is 9.00. The van der Waals surface area contributed by atoms with Crippen LogP contribution in [0.25, 0.3) is 0 Å². The van der Waals surface area contributed by atoms with Crippen LogP contribution in [-0.2, 0) is 19.2 Å². The molecule has 18 heavy (non-hydrogen) atoms. The second-order valence-corrected chi connectivity index (χ2v) is 2.08. The first-order valence-electron chi connectivity index (χ1n) is 3.71. The molecular weight excluding hydrogens is 287 g/mol. The van der Waals surface area contributed by atoms with Crippen LogP contribution in [-0.4, -0.2) is 112 Å². The Bertz CT molecular complexity index is 167. The molecule has 10 heteroatoms. The summed E-state index contributed by atoms with van der Waals surface area (Å²) in [5, 5.41) is 29.7. The van der Waals surface area contributed by atoms with Crippen LogP contribution in [0.1, 0.15) is 27.7 Å². The Morgan fingerprint density at radius 1 is 0.556 bits per heavy atom. The van der Waals surface area contributed by atoms with Gasteiger partial charge in [-0.1, -0.05) is 0 Å². The van der Waals surface area contributed by atoms with Gasteiger partial charge in [-0.3, -0.25) is 19.2 Å². The monoisotopic (exact) mass is 306 g/mol. The number of carboxylic acid groups (broad SMARTS) is 4. The van der Waals surface area contributed by atoms with Crippen molar-refractivity contribution in [2.75, 3.05) is 0 Å². The first-order valence-corrected chi connectivity index (χ1v) is 3.71. The van der Waals surface area contributed by atoms with Gasteiger partial charge in [0.1, 0.15) is 0 Å². The van der Waals surface area contributed by atoms with Crippen LogP contribution >= 0.6 is 0 Å². The van der Waals surface area contributed by atoms with Crippen LogP contribution in [0.3, 0.4) is 0 Å². The first-order chi connectivity index (χ1) is 6.93. The van der Waals surface area contributed by atoms with Gasteiger partial charge in [0.25, 0.3) is 23.9 Å². The van der Waals surface area contributed by atoms with E-state index in [4.69, 9.17) is 39.6 Å². The number of aliphatic carboxylic acids is 4. The summed E-state index contributed by atoms with van der Waals surface area (Å²) in [6, 6.07) is 0. The zero-order chi connectivity index (χ0) is 14.3. The molecule has 0 heterocycles. The van der Waals surface area contributed by atoms with Crippen LogP contribution in [0.15, 0.2) is 0 Å². The minimum atomic E-state index is -0.833. The molecule has 0 rings (SSSR count). The molecule has 0 aliphatic rings. The van der Waals surface area contributed by atoms with E-state index in [0.717, 1.165) is 27.7 Å². The van der Waals surface area contributed by atoms with E-state index in [1.165, 1.54) is 0 Å². The standard InChI is InChI=1S/4C2H4O2.Ca.Na.3H/c4*1-2(3)4;;;;;/h4*1H3,(H,3,4);;;;;. The Hall–Kier alpha value is 0.140. The molecule has 0 saturated carbocycles. The summed E-state index contributed by atoms with van der Waals surface area (Å²) in [6.45, 7) is 4.33. The quantitative estimate of drug-likeness (QED) is 0.408. The fraction of sp³-hybridized carbons (Fsp3) is 0.500. The molecule has 0 radical (unpaired) electrons. The summed E-state index contributed by atoms with van der Waals surface area (Å²) in [7, 11) is 0. The molecule has 0 fully saturated rings. The predicted octanol–water partition coefficient (Wildman–Crippen LogP) is -1.20. The molecule has 8 nitrogen and oxygen atoms in total. The van der Waals surface area contributed by atoms with Crippen molar-refractivity contribution in [1.29, 1.82) is 0 Å². The van der Waals surface area contributed by atoms with Gasteiger partial charge in [0.2, 0.25) is 0 Å². The van der Waals surface area contributed by atoms with Gasteiger partial charge in [0.05, 0.1) is 0 Å². The van der Waals surface area contributed by atoms with Crippen molar-refractivity contribution in [2.45, 2.75) is 27.7 Å². The molecule has 0 aliphatic heterocycles. The van der Waals surface area contributed by atoms with Gasteiger partial charge in [0.15, 0.2) is 0 Å². The second kappa shape index (κ2) is 30.3. The zero-order valence-corrected chi connectivity index (χ0v) is 9.42. The van der Waals surface area contributed by atoms with Gasteiger partial charge in [0, 0.05) is 27.7 Å². The van der Waals surface area contributed by atoms with Crippen LogP contribution in [0.2, 0.25) is 0 Å². The van der Waals surface area contributed by atoms with E-state index >= 15 is 0 Å². The number of carbonyl (C=O) groups is 4. The molecular formula is C8H19CaNaO8. The molecule has 0 aromatic heterocycles. The molecule has 0 atom stereocenters. The Morgan fingerprint density at radius 3 is 0.556 bits per heavy atom. The fourth-order valence-corrected chi connectivity index (χ4v) is 0. The van der Waals surface area contributed by atoms with Gasteiger partial charge in [-0.2, -0.15) is 0 Å². The predicted molar refractivity (Wildman–Crippen MR) is 68.9 cm³/mol. The van der Waals surface area contributed by atoms with Crippen molar-refractivity contribution >= 4 is 91.2 Å². The normalized spacial score (nSPS) is 5.56. The van der Waals surface area contributed by atoms with Crippen LogP contribution < -0.4 is 0 Å². The summed E-state index contributed by atoms with van der Waals surface area (Å²) in [5.74, 6) is -3.33. The van der Waals surface area contributed by atoms with Crippen LogP contribution in [0.4, 0.5) is 0 Å². The number of rotatable bonds is 0. The van der Waals surface area contributed by atoms with Gasteiger partial charge < -0.3 is 20.4 Å². The van der Waals surface area contributed by atoms with Crippen molar-refractivity contribution in [2.24, 2.45) is 0 Å². The molecule has 0 unspecified atom stereocenters. The van der Waals surface area contributed by atoms with Crippen LogP contribution in [0.5, 0.6) is 0 Å².